The van der Waals surface area contributed by atoms with E-state index in [1.807, 2.05) is 36.4 Å². The molecule has 1 aromatic carbocycles. The monoisotopic (exact) mass is 259 g/mol. The van der Waals surface area contributed by atoms with Crippen molar-refractivity contribution in [2.24, 2.45) is 0 Å². The Morgan fingerprint density at radius 2 is 1.94 bits per heavy atom. The molecule has 0 unspecified atom stereocenters. The molecule has 2 aromatic rings. The molecule has 0 bridgehead atoms. The molecule has 2 N–H and O–H groups in total. The third-order valence-corrected chi connectivity index (χ3v) is 2.49. The van der Waals surface area contributed by atoms with Crippen molar-refractivity contribution in [2.75, 3.05) is 12.4 Å². The molecule has 0 aliphatic heterocycles. The van der Waals surface area contributed by atoms with Crippen LogP contribution < -0.4 is 15.4 Å². The number of hydrogen-bond acceptors (Lipinski definition) is 3. The van der Waals surface area contributed by atoms with Crippen molar-refractivity contribution in [2.45, 2.75) is 0 Å². The Balaban J connectivity index is 2.02. The van der Waals surface area contributed by atoms with Gasteiger partial charge in [0.15, 0.2) is 5.11 Å². The number of anilines is 1. The van der Waals surface area contributed by atoms with Crippen molar-refractivity contribution in [1.29, 1.82) is 0 Å². The third-order valence-electron chi connectivity index (χ3n) is 2.19. The van der Waals surface area contributed by atoms with E-state index in [0.717, 1.165) is 11.4 Å². The Bertz CT molecular complexity index is 514. The van der Waals surface area contributed by atoms with E-state index in [4.69, 9.17) is 17.0 Å². The number of benzene rings is 1. The van der Waals surface area contributed by atoms with Gasteiger partial charge in [-0.3, -0.25) is 0 Å². The first-order valence-electron chi connectivity index (χ1n) is 5.45. The van der Waals surface area contributed by atoms with Gasteiger partial charge in [0.25, 0.3) is 0 Å². The van der Waals surface area contributed by atoms with Crippen LogP contribution in [-0.2, 0) is 0 Å². The van der Waals surface area contributed by atoms with Crippen molar-refractivity contribution >= 4 is 23.0 Å². The fourth-order valence-corrected chi connectivity index (χ4v) is 1.44. The Hall–Kier alpha value is -2.14. The van der Waals surface area contributed by atoms with Gasteiger partial charge in [-0.25, -0.2) is 4.98 Å². The van der Waals surface area contributed by atoms with Crippen molar-refractivity contribution in [1.82, 2.24) is 10.3 Å². The first-order chi connectivity index (χ1) is 8.78. The first kappa shape index (κ1) is 12.3. The summed E-state index contributed by atoms with van der Waals surface area (Å²) in [6.45, 7) is 0. The average molecular weight is 259 g/mol. The highest BCUT2D eigenvalue weighted by molar-refractivity contribution is 7.80. The van der Waals surface area contributed by atoms with Gasteiger partial charge in [0, 0.05) is 13.1 Å². The quantitative estimate of drug-likeness (QED) is 0.830. The molecule has 0 saturated carbocycles. The molecule has 5 heteroatoms. The molecule has 0 amide bonds. The predicted molar refractivity (Wildman–Crippen MR) is 76.0 cm³/mol. The average Bonchev–Trinajstić information content (AvgIpc) is 2.42. The molecule has 0 fully saturated rings. The van der Waals surface area contributed by atoms with Gasteiger partial charge in [-0.15, -0.1) is 0 Å². The van der Waals surface area contributed by atoms with Crippen LogP contribution in [0.15, 0.2) is 48.7 Å². The van der Waals surface area contributed by atoms with E-state index in [1.54, 1.807) is 19.3 Å². The summed E-state index contributed by atoms with van der Waals surface area (Å²) in [6.07, 6.45) is 1.67. The van der Waals surface area contributed by atoms with E-state index < -0.39 is 0 Å². The highest BCUT2D eigenvalue weighted by Gasteiger charge is 1.99. The summed E-state index contributed by atoms with van der Waals surface area (Å²) < 4.78 is 5.58. The van der Waals surface area contributed by atoms with Crippen LogP contribution in [0.5, 0.6) is 11.6 Å². The molecule has 0 saturated heterocycles. The van der Waals surface area contributed by atoms with Crippen molar-refractivity contribution in [3.8, 4) is 11.6 Å². The molecular formula is C13H13N3OS. The molecule has 4 nitrogen and oxygen atoms in total. The minimum Gasteiger partial charge on any atom is -0.439 e. The molecule has 0 atom stereocenters. The number of nitrogens with one attached hydrogen (secondary N) is 2. The minimum atomic E-state index is 0.544. The molecule has 0 spiro atoms. The van der Waals surface area contributed by atoms with E-state index in [1.165, 1.54) is 0 Å². The highest BCUT2D eigenvalue weighted by Crippen LogP contribution is 2.19. The zero-order valence-corrected chi connectivity index (χ0v) is 10.7. The maximum atomic E-state index is 5.58. The zero-order chi connectivity index (χ0) is 12.8. The lowest BCUT2D eigenvalue weighted by Gasteiger charge is -2.08. The summed E-state index contributed by atoms with van der Waals surface area (Å²) in [5.74, 6) is 1.30. The summed E-state index contributed by atoms with van der Waals surface area (Å²) in [4.78, 5) is 4.19. The van der Waals surface area contributed by atoms with Gasteiger partial charge in [0.1, 0.15) is 5.75 Å². The van der Waals surface area contributed by atoms with Gasteiger partial charge in [-0.1, -0.05) is 18.2 Å². The first-order valence-corrected chi connectivity index (χ1v) is 5.86. The van der Waals surface area contributed by atoms with Gasteiger partial charge in [0.05, 0.1) is 11.9 Å². The number of thiocarbonyl (C=S) groups is 1. The summed E-state index contributed by atoms with van der Waals surface area (Å²) in [5, 5.41) is 6.36. The molecule has 18 heavy (non-hydrogen) atoms. The second-order valence-corrected chi connectivity index (χ2v) is 3.91. The minimum absolute atomic E-state index is 0.544. The lowest BCUT2D eigenvalue weighted by atomic mass is 10.3. The number of aromatic nitrogens is 1. The molecule has 0 aliphatic rings. The molecule has 1 aromatic heterocycles. The smallest absolute Gasteiger partial charge is 0.219 e. The van der Waals surface area contributed by atoms with Crippen molar-refractivity contribution in [3.05, 3.63) is 48.7 Å². The Kier molecular flexibility index (Phi) is 4.09. The molecule has 0 aliphatic carbocycles. The number of ether oxygens (including phenoxy) is 1. The lowest BCUT2D eigenvalue weighted by Crippen LogP contribution is -2.24. The number of pyridine rings is 1. The standard InChI is InChI=1S/C13H13N3OS/c1-14-13(18)16-10-7-8-12(15-9-10)17-11-5-3-2-4-6-11/h2-9H,1H3,(H2,14,16,18). The Morgan fingerprint density at radius 3 is 2.56 bits per heavy atom. The Morgan fingerprint density at radius 1 is 1.17 bits per heavy atom. The van der Waals surface area contributed by atoms with Crippen LogP contribution in [0.1, 0.15) is 0 Å². The van der Waals surface area contributed by atoms with Crippen molar-refractivity contribution < 1.29 is 4.74 Å². The van der Waals surface area contributed by atoms with Gasteiger partial charge < -0.3 is 15.4 Å². The van der Waals surface area contributed by atoms with Crippen LogP contribution in [0.2, 0.25) is 0 Å². The second-order valence-electron chi connectivity index (χ2n) is 3.50. The summed E-state index contributed by atoms with van der Waals surface area (Å²) in [6, 6.07) is 13.2. The van der Waals surface area contributed by atoms with Gasteiger partial charge >= 0.3 is 0 Å². The van der Waals surface area contributed by atoms with Gasteiger partial charge in [-0.05, 0) is 30.4 Å². The number of nitrogens with zero attached hydrogens (tertiary/aromatic N) is 1. The SMILES string of the molecule is CNC(=S)Nc1ccc(Oc2ccccc2)nc1. The van der Waals surface area contributed by atoms with Crippen LogP contribution in [-0.4, -0.2) is 17.1 Å². The number of hydrogen-bond donors (Lipinski definition) is 2. The summed E-state index contributed by atoms with van der Waals surface area (Å²) >= 11 is 4.99. The highest BCUT2D eigenvalue weighted by atomic mass is 32.1. The van der Waals surface area contributed by atoms with E-state index in [0.29, 0.717) is 11.0 Å². The third kappa shape index (κ3) is 3.43. The fraction of sp³-hybridized carbons (Fsp3) is 0.0769. The zero-order valence-electron chi connectivity index (χ0n) is 9.88. The van der Waals surface area contributed by atoms with Crippen LogP contribution in [0, 0.1) is 0 Å². The fourth-order valence-electron chi connectivity index (χ4n) is 1.32. The summed E-state index contributed by atoms with van der Waals surface area (Å²) in [7, 11) is 1.76. The normalized spacial score (nSPS) is 9.61. The summed E-state index contributed by atoms with van der Waals surface area (Å²) in [5.41, 5.74) is 0.815. The van der Waals surface area contributed by atoms with Gasteiger partial charge in [0.2, 0.25) is 5.88 Å². The number of para-hydroxylation sites is 1. The van der Waals surface area contributed by atoms with Crippen LogP contribution in [0.3, 0.4) is 0 Å². The molecule has 1 heterocycles. The van der Waals surface area contributed by atoms with E-state index >= 15 is 0 Å². The maximum Gasteiger partial charge on any atom is 0.219 e. The van der Waals surface area contributed by atoms with Crippen molar-refractivity contribution in [3.63, 3.8) is 0 Å². The molecule has 0 radical (unpaired) electrons. The number of rotatable bonds is 3. The largest absolute Gasteiger partial charge is 0.439 e. The van der Waals surface area contributed by atoms with Crippen LogP contribution in [0.4, 0.5) is 5.69 Å². The molecule has 92 valence electrons. The van der Waals surface area contributed by atoms with Crippen LogP contribution >= 0.6 is 12.2 Å². The Labute approximate surface area is 111 Å². The molecular weight excluding hydrogens is 246 g/mol. The van der Waals surface area contributed by atoms with Crippen LogP contribution in [0.25, 0.3) is 0 Å². The van der Waals surface area contributed by atoms with E-state index in [2.05, 4.69) is 15.6 Å². The molecule has 2 rings (SSSR count). The van der Waals surface area contributed by atoms with E-state index in [9.17, 15) is 0 Å². The van der Waals surface area contributed by atoms with Gasteiger partial charge in [-0.2, -0.15) is 0 Å². The lowest BCUT2D eigenvalue weighted by molar-refractivity contribution is 0.463. The topological polar surface area (TPSA) is 46.2 Å². The van der Waals surface area contributed by atoms with E-state index in [-0.39, 0.29) is 0 Å². The maximum absolute atomic E-state index is 5.58. The second kappa shape index (κ2) is 5.97. The predicted octanol–water partition coefficient (Wildman–Crippen LogP) is 2.79.